The van der Waals surface area contributed by atoms with Gasteiger partial charge in [0.1, 0.15) is 19.0 Å². The van der Waals surface area contributed by atoms with Crippen molar-refractivity contribution in [3.8, 4) is 5.88 Å². The number of alkyl halides is 3. The van der Waals surface area contributed by atoms with E-state index in [1.165, 1.54) is 7.11 Å². The number of H-pyrrole nitrogens is 1. The number of imidazole rings is 1. The number of nitrogens with one attached hydrogen (secondary N) is 1. The Kier molecular flexibility index (Phi) is 3.37. The Morgan fingerprint density at radius 2 is 2.06 bits per heavy atom. The molecule has 0 fully saturated rings. The predicted octanol–water partition coefficient (Wildman–Crippen LogP) is 2.05. The van der Waals surface area contributed by atoms with Crippen LogP contribution in [0.5, 0.6) is 5.88 Å². The number of ether oxygens (including phenoxy) is 2. The highest BCUT2D eigenvalue weighted by molar-refractivity contribution is 5.71. The molecule has 0 radical (unpaired) electrons. The lowest BCUT2D eigenvalue weighted by molar-refractivity contribution is -0.177. The first-order valence-electron chi connectivity index (χ1n) is 5.02. The fourth-order valence-corrected chi connectivity index (χ4v) is 1.37. The van der Waals surface area contributed by atoms with Crippen LogP contribution < -0.4 is 4.74 Å². The standard InChI is InChI=1S/C10H10F3N3O2/c1-17-8-3-2-6-9(16-8)15-7(14-6)4-18-5-10(11,12)13/h2-3H,4-5H2,1H3,(H,14,15,16). The highest BCUT2D eigenvalue weighted by Gasteiger charge is 2.27. The minimum atomic E-state index is -4.34. The number of methoxy groups -OCH3 is 1. The van der Waals surface area contributed by atoms with Crippen LogP contribution in [0.15, 0.2) is 12.1 Å². The average Bonchev–Trinajstić information content (AvgIpc) is 2.68. The van der Waals surface area contributed by atoms with Crippen LogP contribution in [-0.2, 0) is 11.3 Å². The van der Waals surface area contributed by atoms with E-state index in [0.717, 1.165) is 0 Å². The molecular weight excluding hydrogens is 251 g/mol. The van der Waals surface area contributed by atoms with Gasteiger partial charge in [-0.15, -0.1) is 0 Å². The van der Waals surface area contributed by atoms with E-state index in [-0.39, 0.29) is 12.4 Å². The first kappa shape index (κ1) is 12.6. The van der Waals surface area contributed by atoms with Gasteiger partial charge in [0.2, 0.25) is 5.88 Å². The Labute approximate surface area is 99.9 Å². The van der Waals surface area contributed by atoms with Gasteiger partial charge in [0.25, 0.3) is 0 Å². The van der Waals surface area contributed by atoms with Gasteiger partial charge in [-0.25, -0.2) is 4.98 Å². The molecule has 0 atom stereocenters. The van der Waals surface area contributed by atoms with Gasteiger partial charge in [0, 0.05) is 6.07 Å². The van der Waals surface area contributed by atoms with Crippen molar-refractivity contribution in [2.75, 3.05) is 13.7 Å². The van der Waals surface area contributed by atoms with E-state index in [2.05, 4.69) is 19.7 Å². The fourth-order valence-electron chi connectivity index (χ4n) is 1.37. The lowest BCUT2D eigenvalue weighted by Crippen LogP contribution is -2.16. The van der Waals surface area contributed by atoms with E-state index in [0.29, 0.717) is 17.0 Å². The molecule has 0 unspecified atom stereocenters. The van der Waals surface area contributed by atoms with E-state index in [4.69, 9.17) is 4.74 Å². The number of aromatic amines is 1. The largest absolute Gasteiger partial charge is 0.481 e. The summed E-state index contributed by atoms with van der Waals surface area (Å²) in [5.41, 5.74) is 0.987. The minimum absolute atomic E-state index is 0.252. The minimum Gasteiger partial charge on any atom is -0.481 e. The van der Waals surface area contributed by atoms with Crippen LogP contribution in [0.3, 0.4) is 0 Å². The summed E-state index contributed by atoms with van der Waals surface area (Å²) >= 11 is 0. The number of halogens is 3. The molecular formula is C10H10F3N3O2. The summed E-state index contributed by atoms with van der Waals surface area (Å²) in [6.45, 7) is -1.56. The fraction of sp³-hybridized carbons (Fsp3) is 0.400. The molecule has 0 aliphatic carbocycles. The van der Waals surface area contributed by atoms with Crippen molar-refractivity contribution >= 4 is 11.2 Å². The van der Waals surface area contributed by atoms with E-state index >= 15 is 0 Å². The third kappa shape index (κ3) is 3.10. The molecule has 2 aromatic heterocycles. The second-order valence-corrected chi connectivity index (χ2v) is 3.52. The molecule has 5 nitrogen and oxygen atoms in total. The normalized spacial score (nSPS) is 12.0. The number of hydrogen-bond donors (Lipinski definition) is 1. The number of pyridine rings is 1. The first-order chi connectivity index (χ1) is 8.48. The number of aromatic nitrogens is 3. The maximum atomic E-state index is 11.9. The molecule has 8 heteroatoms. The van der Waals surface area contributed by atoms with Gasteiger partial charge in [0.15, 0.2) is 5.65 Å². The van der Waals surface area contributed by atoms with Crippen LogP contribution in [0.1, 0.15) is 5.82 Å². The summed E-state index contributed by atoms with van der Waals surface area (Å²) in [6, 6.07) is 3.31. The summed E-state index contributed by atoms with van der Waals surface area (Å²) in [5, 5.41) is 0. The van der Waals surface area contributed by atoms with Gasteiger partial charge in [0.05, 0.1) is 12.6 Å². The SMILES string of the molecule is COc1ccc2[nH]c(COCC(F)(F)F)nc2n1. The molecule has 1 N–H and O–H groups in total. The van der Waals surface area contributed by atoms with Crippen molar-refractivity contribution in [1.82, 2.24) is 15.0 Å². The summed E-state index contributed by atoms with van der Waals surface area (Å²) in [7, 11) is 1.47. The van der Waals surface area contributed by atoms with Crippen molar-refractivity contribution in [2.24, 2.45) is 0 Å². The van der Waals surface area contributed by atoms with Gasteiger partial charge in [-0.1, -0.05) is 0 Å². The zero-order chi connectivity index (χ0) is 13.2. The van der Waals surface area contributed by atoms with Crippen LogP contribution in [0.25, 0.3) is 11.2 Å². The molecule has 0 aromatic carbocycles. The molecule has 0 aliphatic rings. The molecule has 0 amide bonds. The van der Waals surface area contributed by atoms with Crippen molar-refractivity contribution < 1.29 is 22.6 Å². The van der Waals surface area contributed by atoms with E-state index < -0.39 is 12.8 Å². The zero-order valence-electron chi connectivity index (χ0n) is 9.41. The molecule has 18 heavy (non-hydrogen) atoms. The average molecular weight is 261 g/mol. The van der Waals surface area contributed by atoms with Gasteiger partial charge < -0.3 is 14.5 Å². The lowest BCUT2D eigenvalue weighted by atomic mass is 10.4. The molecule has 0 saturated carbocycles. The molecule has 2 aromatic rings. The maximum Gasteiger partial charge on any atom is 0.411 e. The number of rotatable bonds is 4. The lowest BCUT2D eigenvalue weighted by Gasteiger charge is -2.05. The van der Waals surface area contributed by atoms with Gasteiger partial charge in [-0.2, -0.15) is 18.2 Å². The summed E-state index contributed by atoms with van der Waals surface area (Å²) in [4.78, 5) is 10.8. The van der Waals surface area contributed by atoms with Gasteiger partial charge >= 0.3 is 6.18 Å². The van der Waals surface area contributed by atoms with Crippen LogP contribution in [0, 0.1) is 0 Å². The van der Waals surface area contributed by atoms with E-state index in [9.17, 15) is 13.2 Å². The number of nitrogens with zero attached hydrogens (tertiary/aromatic N) is 2. The quantitative estimate of drug-likeness (QED) is 0.915. The van der Waals surface area contributed by atoms with Crippen LogP contribution in [0.4, 0.5) is 13.2 Å². The van der Waals surface area contributed by atoms with E-state index in [1.54, 1.807) is 12.1 Å². The topological polar surface area (TPSA) is 60.0 Å². The molecule has 0 saturated heterocycles. The molecule has 0 bridgehead atoms. The molecule has 0 aliphatic heterocycles. The van der Waals surface area contributed by atoms with Crippen LogP contribution in [-0.4, -0.2) is 34.8 Å². The highest BCUT2D eigenvalue weighted by atomic mass is 19.4. The van der Waals surface area contributed by atoms with Gasteiger partial charge in [-0.05, 0) is 6.07 Å². The Morgan fingerprint density at radius 1 is 1.28 bits per heavy atom. The van der Waals surface area contributed by atoms with Crippen molar-refractivity contribution in [2.45, 2.75) is 12.8 Å². The van der Waals surface area contributed by atoms with Crippen LogP contribution >= 0.6 is 0 Å². The maximum absolute atomic E-state index is 11.9. The Balaban J connectivity index is 2.06. The summed E-state index contributed by atoms with van der Waals surface area (Å²) in [5.74, 6) is 0.673. The Bertz CT molecular complexity index is 539. The van der Waals surface area contributed by atoms with Crippen molar-refractivity contribution in [1.29, 1.82) is 0 Å². The molecule has 98 valence electrons. The highest BCUT2D eigenvalue weighted by Crippen LogP contribution is 2.17. The second-order valence-electron chi connectivity index (χ2n) is 3.52. The Hall–Kier alpha value is -1.83. The van der Waals surface area contributed by atoms with Crippen LogP contribution in [0.2, 0.25) is 0 Å². The molecule has 0 spiro atoms. The van der Waals surface area contributed by atoms with Crippen molar-refractivity contribution in [3.63, 3.8) is 0 Å². The third-order valence-corrected chi connectivity index (χ3v) is 2.08. The number of fused-ring (bicyclic) bond motifs is 1. The predicted molar refractivity (Wildman–Crippen MR) is 56.2 cm³/mol. The first-order valence-corrected chi connectivity index (χ1v) is 5.02. The van der Waals surface area contributed by atoms with Crippen molar-refractivity contribution in [3.05, 3.63) is 18.0 Å². The van der Waals surface area contributed by atoms with Gasteiger partial charge in [-0.3, -0.25) is 0 Å². The van der Waals surface area contributed by atoms with E-state index in [1.807, 2.05) is 0 Å². The third-order valence-electron chi connectivity index (χ3n) is 2.08. The summed E-state index contributed by atoms with van der Waals surface area (Å²) < 4.78 is 45.0. The zero-order valence-corrected chi connectivity index (χ0v) is 9.41. The smallest absolute Gasteiger partial charge is 0.411 e. The Morgan fingerprint density at radius 3 is 2.72 bits per heavy atom. The summed E-state index contributed by atoms with van der Waals surface area (Å²) in [6.07, 6.45) is -4.34. The second kappa shape index (κ2) is 4.81. The molecule has 2 heterocycles. The monoisotopic (exact) mass is 261 g/mol. The number of hydrogen-bond acceptors (Lipinski definition) is 4. The molecule has 2 rings (SSSR count).